The van der Waals surface area contributed by atoms with Crippen LogP contribution >= 0.6 is 15.9 Å². The molecule has 0 saturated carbocycles. The van der Waals surface area contributed by atoms with Crippen molar-refractivity contribution in [1.82, 2.24) is 5.32 Å². The molecule has 0 aromatic rings. The first-order valence-electron chi connectivity index (χ1n) is 5.68. The first-order valence-corrected chi connectivity index (χ1v) is 6.60. The van der Waals surface area contributed by atoms with Crippen molar-refractivity contribution in [2.45, 2.75) is 44.0 Å². The molecule has 88 valence electrons. The van der Waals surface area contributed by atoms with Crippen LogP contribution in [-0.4, -0.2) is 30.0 Å². The van der Waals surface area contributed by atoms with Crippen LogP contribution in [0.2, 0.25) is 0 Å². The summed E-state index contributed by atoms with van der Waals surface area (Å²) in [4.78, 5) is 12.2. The third kappa shape index (κ3) is 4.11. The lowest BCUT2D eigenvalue weighted by Crippen LogP contribution is -2.38. The van der Waals surface area contributed by atoms with E-state index in [4.69, 9.17) is 4.74 Å². The van der Waals surface area contributed by atoms with Gasteiger partial charge in [-0.1, -0.05) is 29.8 Å². The predicted molar refractivity (Wildman–Crippen MR) is 64.2 cm³/mol. The highest BCUT2D eigenvalue weighted by Gasteiger charge is 2.30. The fourth-order valence-electron chi connectivity index (χ4n) is 1.69. The second-order valence-electron chi connectivity index (χ2n) is 4.14. The van der Waals surface area contributed by atoms with E-state index in [1.165, 1.54) is 0 Å². The van der Waals surface area contributed by atoms with Gasteiger partial charge in [0.25, 0.3) is 0 Å². The Morgan fingerprint density at radius 3 is 2.93 bits per heavy atom. The van der Waals surface area contributed by atoms with Gasteiger partial charge in [0.05, 0.1) is 0 Å². The Balaban J connectivity index is 2.18. The van der Waals surface area contributed by atoms with E-state index in [0.29, 0.717) is 10.7 Å². The quantitative estimate of drug-likeness (QED) is 0.782. The Labute approximate surface area is 100 Å². The molecule has 3 atom stereocenters. The second-order valence-corrected chi connectivity index (χ2v) is 5.44. The number of alkyl halides is 1. The smallest absolute Gasteiger partial charge is 0.249 e. The fourth-order valence-corrected chi connectivity index (χ4v) is 1.92. The summed E-state index contributed by atoms with van der Waals surface area (Å²) in [6.07, 6.45) is 2.84. The molecule has 1 aliphatic rings. The van der Waals surface area contributed by atoms with E-state index in [1.54, 1.807) is 0 Å². The van der Waals surface area contributed by atoms with E-state index >= 15 is 0 Å². The Morgan fingerprint density at radius 2 is 2.40 bits per heavy atom. The number of nitrogens with one attached hydrogen (secondary N) is 1. The van der Waals surface area contributed by atoms with Crippen molar-refractivity contribution in [3.8, 4) is 0 Å². The van der Waals surface area contributed by atoms with E-state index in [0.717, 1.165) is 32.4 Å². The molecule has 1 rings (SSSR count). The molecule has 1 heterocycles. The molecule has 0 spiro atoms. The standard InChI is InChI=1S/C11H20BrNO2/c1-3-9(12)4-6-13-11(14)10-8(2)5-7-15-10/h8-10H,3-7H2,1-2H3,(H,13,14). The molecule has 0 aliphatic carbocycles. The maximum absolute atomic E-state index is 11.7. The van der Waals surface area contributed by atoms with Crippen LogP contribution in [0.3, 0.4) is 0 Å². The summed E-state index contributed by atoms with van der Waals surface area (Å²) in [5.41, 5.74) is 0. The highest BCUT2D eigenvalue weighted by Crippen LogP contribution is 2.19. The van der Waals surface area contributed by atoms with Gasteiger partial charge >= 0.3 is 0 Å². The molecule has 1 aliphatic heterocycles. The molecule has 0 aromatic heterocycles. The average Bonchev–Trinajstić information content (AvgIpc) is 2.64. The first kappa shape index (κ1) is 13.0. The third-order valence-electron chi connectivity index (χ3n) is 2.85. The lowest BCUT2D eigenvalue weighted by atomic mass is 10.0. The van der Waals surface area contributed by atoms with Gasteiger partial charge in [0.1, 0.15) is 6.10 Å². The predicted octanol–water partition coefficient (Wildman–Crippen LogP) is 2.09. The summed E-state index contributed by atoms with van der Waals surface area (Å²) in [6.45, 7) is 5.64. The molecule has 3 unspecified atom stereocenters. The van der Waals surface area contributed by atoms with E-state index in [2.05, 4.69) is 35.1 Å². The molecule has 3 nitrogen and oxygen atoms in total. The van der Waals surface area contributed by atoms with E-state index in [-0.39, 0.29) is 12.0 Å². The van der Waals surface area contributed by atoms with Gasteiger partial charge in [-0.2, -0.15) is 0 Å². The van der Waals surface area contributed by atoms with E-state index in [9.17, 15) is 4.79 Å². The fraction of sp³-hybridized carbons (Fsp3) is 0.909. The van der Waals surface area contributed by atoms with Crippen molar-refractivity contribution in [2.75, 3.05) is 13.2 Å². The van der Waals surface area contributed by atoms with Crippen LogP contribution < -0.4 is 5.32 Å². The zero-order valence-electron chi connectivity index (χ0n) is 9.46. The van der Waals surface area contributed by atoms with Crippen LogP contribution in [0.15, 0.2) is 0 Å². The summed E-state index contributed by atoms with van der Waals surface area (Å²) < 4.78 is 5.39. The van der Waals surface area contributed by atoms with Gasteiger partial charge in [0.2, 0.25) is 5.91 Å². The summed E-state index contributed by atoms with van der Waals surface area (Å²) in [6, 6.07) is 0. The topological polar surface area (TPSA) is 38.3 Å². The summed E-state index contributed by atoms with van der Waals surface area (Å²) >= 11 is 3.54. The Bertz CT molecular complexity index is 211. The number of amides is 1. The Hall–Kier alpha value is -0.0900. The maximum Gasteiger partial charge on any atom is 0.249 e. The number of rotatable bonds is 5. The van der Waals surface area contributed by atoms with Gasteiger partial charge in [-0.3, -0.25) is 4.79 Å². The van der Waals surface area contributed by atoms with Crippen molar-refractivity contribution >= 4 is 21.8 Å². The van der Waals surface area contributed by atoms with Crippen molar-refractivity contribution in [3.63, 3.8) is 0 Å². The number of carbonyl (C=O) groups is 1. The molecule has 1 N–H and O–H groups in total. The monoisotopic (exact) mass is 277 g/mol. The first-order chi connectivity index (χ1) is 7.15. The van der Waals surface area contributed by atoms with Crippen LogP contribution in [0.5, 0.6) is 0 Å². The molecule has 0 aromatic carbocycles. The van der Waals surface area contributed by atoms with Crippen molar-refractivity contribution in [2.24, 2.45) is 5.92 Å². The molecule has 1 amide bonds. The van der Waals surface area contributed by atoms with E-state index in [1.807, 2.05) is 0 Å². The molecule has 1 saturated heterocycles. The average molecular weight is 278 g/mol. The van der Waals surface area contributed by atoms with Crippen molar-refractivity contribution in [1.29, 1.82) is 0 Å². The number of hydrogen-bond donors (Lipinski definition) is 1. The van der Waals surface area contributed by atoms with Gasteiger partial charge < -0.3 is 10.1 Å². The van der Waals surface area contributed by atoms with Crippen LogP contribution in [0, 0.1) is 5.92 Å². The lowest BCUT2D eigenvalue weighted by Gasteiger charge is -2.15. The van der Waals surface area contributed by atoms with Crippen LogP contribution in [0.25, 0.3) is 0 Å². The highest BCUT2D eigenvalue weighted by atomic mass is 79.9. The summed E-state index contributed by atoms with van der Waals surface area (Å²) in [7, 11) is 0. The molecule has 0 bridgehead atoms. The largest absolute Gasteiger partial charge is 0.368 e. The van der Waals surface area contributed by atoms with Gasteiger partial charge in [-0.25, -0.2) is 0 Å². The Kier molecular flexibility index (Phi) is 5.61. The minimum Gasteiger partial charge on any atom is -0.368 e. The van der Waals surface area contributed by atoms with Crippen LogP contribution in [0.4, 0.5) is 0 Å². The number of ether oxygens (including phenoxy) is 1. The minimum atomic E-state index is -0.222. The van der Waals surface area contributed by atoms with Gasteiger partial charge in [-0.15, -0.1) is 0 Å². The molecule has 0 radical (unpaired) electrons. The van der Waals surface area contributed by atoms with Gasteiger partial charge in [-0.05, 0) is 25.2 Å². The SMILES string of the molecule is CCC(Br)CCNC(=O)C1OCCC1C. The summed E-state index contributed by atoms with van der Waals surface area (Å²) in [5.74, 6) is 0.409. The van der Waals surface area contributed by atoms with Crippen LogP contribution in [-0.2, 0) is 9.53 Å². The highest BCUT2D eigenvalue weighted by molar-refractivity contribution is 9.09. The molecular weight excluding hydrogens is 258 g/mol. The third-order valence-corrected chi connectivity index (χ3v) is 3.95. The number of carbonyl (C=O) groups excluding carboxylic acids is 1. The maximum atomic E-state index is 11.7. The van der Waals surface area contributed by atoms with Gasteiger partial charge in [0, 0.05) is 18.0 Å². The second kappa shape index (κ2) is 6.48. The van der Waals surface area contributed by atoms with E-state index < -0.39 is 0 Å². The Morgan fingerprint density at radius 1 is 1.67 bits per heavy atom. The minimum absolute atomic E-state index is 0.0517. The molecule has 1 fully saturated rings. The molecule has 15 heavy (non-hydrogen) atoms. The molecule has 4 heteroatoms. The normalized spacial score (nSPS) is 27.7. The zero-order chi connectivity index (χ0) is 11.3. The van der Waals surface area contributed by atoms with Crippen molar-refractivity contribution in [3.05, 3.63) is 0 Å². The molecular formula is C11H20BrNO2. The van der Waals surface area contributed by atoms with Crippen LogP contribution in [0.1, 0.15) is 33.1 Å². The van der Waals surface area contributed by atoms with Crippen molar-refractivity contribution < 1.29 is 9.53 Å². The lowest BCUT2D eigenvalue weighted by molar-refractivity contribution is -0.131. The number of halogens is 1. The zero-order valence-corrected chi connectivity index (χ0v) is 11.0. The number of hydrogen-bond acceptors (Lipinski definition) is 2. The summed E-state index contributed by atoms with van der Waals surface area (Å²) in [5, 5.41) is 2.93. The van der Waals surface area contributed by atoms with Gasteiger partial charge in [0.15, 0.2) is 0 Å².